The van der Waals surface area contributed by atoms with Crippen molar-refractivity contribution in [2.45, 2.75) is 25.8 Å². The molecule has 1 aromatic heterocycles. The highest BCUT2D eigenvalue weighted by Crippen LogP contribution is 2.48. The lowest BCUT2D eigenvalue weighted by molar-refractivity contribution is 0.636. The minimum atomic E-state index is -0.295. The summed E-state index contributed by atoms with van der Waals surface area (Å²) in [6.45, 7) is 2.17. The molecule has 0 saturated heterocycles. The van der Waals surface area contributed by atoms with Gasteiger partial charge in [-0.05, 0) is 24.5 Å². The van der Waals surface area contributed by atoms with E-state index in [1.165, 1.54) is 6.07 Å². The lowest BCUT2D eigenvalue weighted by Crippen LogP contribution is -2.02. The Morgan fingerprint density at radius 2 is 2.38 bits per heavy atom. The molecule has 0 bridgehead atoms. The second-order valence-corrected chi connectivity index (χ2v) is 4.42. The van der Waals surface area contributed by atoms with Crippen molar-refractivity contribution in [3.8, 4) is 0 Å². The van der Waals surface area contributed by atoms with Crippen LogP contribution in [0, 0.1) is 11.7 Å². The Morgan fingerprint density at radius 3 is 3.06 bits per heavy atom. The van der Waals surface area contributed by atoms with Crippen molar-refractivity contribution in [3.63, 3.8) is 0 Å². The molecule has 1 aliphatic rings. The van der Waals surface area contributed by atoms with E-state index in [0.29, 0.717) is 23.4 Å². The van der Waals surface area contributed by atoms with Crippen molar-refractivity contribution in [3.05, 3.63) is 24.0 Å². The molecule has 0 aliphatic heterocycles. The summed E-state index contributed by atoms with van der Waals surface area (Å²) >= 11 is 0. The SMILES string of the molecule is CCC1CC1n1c(N)nc2c(F)cccc21. The standard InChI is InChI=1S/C12H14FN3/c1-2-7-6-10(7)16-9-5-3-4-8(13)11(9)15-12(16)14/h3-5,7,10H,2,6H2,1H3,(H2,14,15). The second kappa shape index (κ2) is 3.20. The van der Waals surface area contributed by atoms with E-state index in [0.717, 1.165) is 18.4 Å². The summed E-state index contributed by atoms with van der Waals surface area (Å²) in [4.78, 5) is 4.11. The van der Waals surface area contributed by atoms with E-state index in [1.54, 1.807) is 6.07 Å². The Balaban J connectivity index is 2.17. The molecule has 0 spiro atoms. The summed E-state index contributed by atoms with van der Waals surface area (Å²) in [6.07, 6.45) is 2.27. The number of hydrogen-bond donors (Lipinski definition) is 1. The largest absolute Gasteiger partial charge is 0.369 e. The van der Waals surface area contributed by atoms with Crippen molar-refractivity contribution >= 4 is 17.0 Å². The van der Waals surface area contributed by atoms with Crippen LogP contribution in [-0.4, -0.2) is 9.55 Å². The van der Waals surface area contributed by atoms with Gasteiger partial charge >= 0.3 is 0 Å². The van der Waals surface area contributed by atoms with Crippen molar-refractivity contribution in [1.82, 2.24) is 9.55 Å². The van der Waals surface area contributed by atoms with E-state index in [1.807, 2.05) is 10.6 Å². The predicted octanol–water partition coefficient (Wildman–Crippen LogP) is 2.73. The number of nitrogens with two attached hydrogens (primary N) is 1. The summed E-state index contributed by atoms with van der Waals surface area (Å²) in [7, 11) is 0. The molecular weight excluding hydrogens is 205 g/mol. The van der Waals surface area contributed by atoms with Gasteiger partial charge in [-0.3, -0.25) is 0 Å². The van der Waals surface area contributed by atoms with Gasteiger partial charge in [-0.2, -0.15) is 0 Å². The topological polar surface area (TPSA) is 43.8 Å². The van der Waals surface area contributed by atoms with Gasteiger partial charge < -0.3 is 10.3 Å². The molecule has 0 radical (unpaired) electrons. The van der Waals surface area contributed by atoms with Crippen molar-refractivity contribution in [2.24, 2.45) is 5.92 Å². The van der Waals surface area contributed by atoms with Crippen LogP contribution in [0.25, 0.3) is 11.0 Å². The second-order valence-electron chi connectivity index (χ2n) is 4.42. The first-order chi connectivity index (χ1) is 7.72. The Labute approximate surface area is 93.1 Å². The van der Waals surface area contributed by atoms with Gasteiger partial charge in [0.25, 0.3) is 0 Å². The number of rotatable bonds is 2. The molecule has 1 aliphatic carbocycles. The number of benzene rings is 1. The lowest BCUT2D eigenvalue weighted by atomic mass is 10.3. The number of imidazole rings is 1. The zero-order valence-electron chi connectivity index (χ0n) is 9.15. The molecular formula is C12H14FN3. The van der Waals surface area contributed by atoms with Crippen LogP contribution in [-0.2, 0) is 0 Å². The highest BCUT2D eigenvalue weighted by Gasteiger charge is 2.39. The number of nitrogen functional groups attached to an aromatic ring is 1. The molecule has 1 saturated carbocycles. The third-order valence-electron chi connectivity index (χ3n) is 3.44. The summed E-state index contributed by atoms with van der Waals surface area (Å²) in [5, 5.41) is 0. The number of hydrogen-bond acceptors (Lipinski definition) is 2. The first-order valence-corrected chi connectivity index (χ1v) is 5.64. The fraction of sp³-hybridized carbons (Fsp3) is 0.417. The first-order valence-electron chi connectivity index (χ1n) is 5.64. The van der Waals surface area contributed by atoms with Gasteiger partial charge in [0.15, 0.2) is 5.82 Å². The number of aromatic nitrogens is 2. The molecule has 0 amide bonds. The van der Waals surface area contributed by atoms with Crippen molar-refractivity contribution in [2.75, 3.05) is 5.73 Å². The van der Waals surface area contributed by atoms with Crippen LogP contribution in [0.5, 0.6) is 0 Å². The number of halogens is 1. The molecule has 2 unspecified atom stereocenters. The molecule has 2 atom stereocenters. The number of anilines is 1. The summed E-state index contributed by atoms with van der Waals surface area (Å²) in [5.74, 6) is 0.806. The maximum absolute atomic E-state index is 13.5. The lowest BCUT2D eigenvalue weighted by Gasteiger charge is -2.04. The Hall–Kier alpha value is -1.58. The Morgan fingerprint density at radius 1 is 1.56 bits per heavy atom. The van der Waals surface area contributed by atoms with Crippen LogP contribution in [0.4, 0.5) is 10.3 Å². The third-order valence-corrected chi connectivity index (χ3v) is 3.44. The van der Waals surface area contributed by atoms with Crippen molar-refractivity contribution < 1.29 is 4.39 Å². The first kappa shape index (κ1) is 9.63. The van der Waals surface area contributed by atoms with Crippen molar-refractivity contribution in [1.29, 1.82) is 0 Å². The highest BCUT2D eigenvalue weighted by atomic mass is 19.1. The highest BCUT2D eigenvalue weighted by molar-refractivity contribution is 5.79. The van der Waals surface area contributed by atoms with Gasteiger partial charge in [-0.25, -0.2) is 9.37 Å². The van der Waals surface area contributed by atoms with Gasteiger partial charge in [0.2, 0.25) is 5.95 Å². The summed E-state index contributed by atoms with van der Waals surface area (Å²) in [5.41, 5.74) is 7.07. The van der Waals surface area contributed by atoms with Crippen LogP contribution in [0.1, 0.15) is 25.8 Å². The van der Waals surface area contributed by atoms with Gasteiger partial charge in [0, 0.05) is 6.04 Å². The molecule has 3 rings (SSSR count). The maximum atomic E-state index is 13.5. The zero-order valence-corrected chi connectivity index (χ0v) is 9.15. The normalized spacial score (nSPS) is 23.9. The van der Waals surface area contributed by atoms with E-state index in [4.69, 9.17) is 5.73 Å². The van der Waals surface area contributed by atoms with Gasteiger partial charge in [-0.15, -0.1) is 0 Å². The molecule has 3 nitrogen and oxygen atoms in total. The quantitative estimate of drug-likeness (QED) is 0.844. The summed E-state index contributed by atoms with van der Waals surface area (Å²) in [6, 6.07) is 5.42. The molecule has 2 aromatic rings. The molecule has 2 N–H and O–H groups in total. The molecule has 84 valence electrons. The van der Waals surface area contributed by atoms with E-state index in [9.17, 15) is 4.39 Å². The monoisotopic (exact) mass is 219 g/mol. The third kappa shape index (κ3) is 1.22. The van der Waals surface area contributed by atoms with E-state index in [2.05, 4.69) is 11.9 Å². The van der Waals surface area contributed by atoms with Gasteiger partial charge in [-0.1, -0.05) is 19.4 Å². The minimum Gasteiger partial charge on any atom is -0.369 e. The Kier molecular flexibility index (Phi) is 1.93. The van der Waals surface area contributed by atoms with Crippen LogP contribution >= 0.6 is 0 Å². The molecule has 16 heavy (non-hydrogen) atoms. The molecule has 4 heteroatoms. The number of fused-ring (bicyclic) bond motifs is 1. The van der Waals surface area contributed by atoms with Crippen LogP contribution in [0.2, 0.25) is 0 Å². The molecule has 1 heterocycles. The van der Waals surface area contributed by atoms with E-state index < -0.39 is 0 Å². The average molecular weight is 219 g/mol. The minimum absolute atomic E-state index is 0.295. The number of nitrogens with zero attached hydrogens (tertiary/aromatic N) is 2. The van der Waals surface area contributed by atoms with Gasteiger partial charge in [0.1, 0.15) is 5.52 Å². The number of para-hydroxylation sites is 1. The van der Waals surface area contributed by atoms with Crippen LogP contribution in [0.3, 0.4) is 0 Å². The van der Waals surface area contributed by atoms with E-state index >= 15 is 0 Å². The predicted molar refractivity (Wildman–Crippen MR) is 61.5 cm³/mol. The molecule has 1 fully saturated rings. The van der Waals surface area contributed by atoms with Crippen LogP contribution in [0.15, 0.2) is 18.2 Å². The van der Waals surface area contributed by atoms with E-state index in [-0.39, 0.29) is 5.82 Å². The average Bonchev–Trinajstić information content (AvgIpc) is 2.95. The maximum Gasteiger partial charge on any atom is 0.201 e. The molecule has 1 aromatic carbocycles. The zero-order chi connectivity index (χ0) is 11.3. The van der Waals surface area contributed by atoms with Gasteiger partial charge in [0.05, 0.1) is 5.52 Å². The Bertz CT molecular complexity index is 546. The fourth-order valence-electron chi connectivity index (χ4n) is 2.44. The summed E-state index contributed by atoms with van der Waals surface area (Å²) < 4.78 is 15.5. The smallest absolute Gasteiger partial charge is 0.201 e. The van der Waals surface area contributed by atoms with Crippen LogP contribution < -0.4 is 5.73 Å². The fourth-order valence-corrected chi connectivity index (χ4v) is 2.44.